The monoisotopic (exact) mass is 584 g/mol. The second-order valence-electron chi connectivity index (χ2n) is 10.3. The van der Waals surface area contributed by atoms with E-state index >= 15 is 0 Å². The van der Waals surface area contributed by atoms with E-state index in [-0.39, 0.29) is 31.2 Å². The predicted octanol–water partition coefficient (Wildman–Crippen LogP) is 4.93. The van der Waals surface area contributed by atoms with Crippen LogP contribution in [0.5, 0.6) is 0 Å². The van der Waals surface area contributed by atoms with Gasteiger partial charge in [-0.15, -0.1) is 6.58 Å². The molecule has 1 fully saturated rings. The van der Waals surface area contributed by atoms with Crippen LogP contribution in [-0.4, -0.2) is 78.5 Å². The van der Waals surface area contributed by atoms with Crippen molar-refractivity contribution in [2.75, 3.05) is 45.9 Å². The third kappa shape index (κ3) is 7.02. The van der Waals surface area contributed by atoms with Gasteiger partial charge in [0.25, 0.3) is 5.91 Å². The highest BCUT2D eigenvalue weighted by molar-refractivity contribution is 5.95. The summed E-state index contributed by atoms with van der Waals surface area (Å²) in [6.45, 7) is 9.83. The summed E-state index contributed by atoms with van der Waals surface area (Å²) in [6.07, 6.45) is -2.32. The average molecular weight is 585 g/mol. The molecule has 0 saturated carbocycles. The lowest BCUT2D eigenvalue weighted by atomic mass is 9.93. The van der Waals surface area contributed by atoms with E-state index in [1.54, 1.807) is 11.8 Å². The average Bonchev–Trinajstić information content (AvgIpc) is 3.20. The van der Waals surface area contributed by atoms with E-state index in [1.807, 2.05) is 31.2 Å². The van der Waals surface area contributed by atoms with E-state index < -0.39 is 29.8 Å². The molecule has 3 amide bonds. The summed E-state index contributed by atoms with van der Waals surface area (Å²) in [5, 5.41) is 2.77. The van der Waals surface area contributed by atoms with Crippen LogP contribution < -0.4 is 5.32 Å². The Kier molecular flexibility index (Phi) is 9.72. The fraction of sp³-hybridized carbons (Fsp3) is 0.387. The molecule has 2 aliphatic heterocycles. The van der Waals surface area contributed by atoms with Gasteiger partial charge in [-0.1, -0.05) is 35.9 Å². The van der Waals surface area contributed by atoms with Crippen LogP contribution in [0.15, 0.2) is 72.5 Å². The van der Waals surface area contributed by atoms with Crippen LogP contribution in [0.2, 0.25) is 0 Å². The number of alkyl halides is 3. The lowest BCUT2D eigenvalue weighted by molar-refractivity contribution is -0.139. The number of carbonyl (C=O) groups is 3. The molecule has 0 spiro atoms. The Morgan fingerprint density at radius 3 is 2.36 bits per heavy atom. The molecule has 2 aromatic rings. The number of carbonyl (C=O) groups excluding carboxylic acids is 3. The molecule has 0 radical (unpaired) electrons. The van der Waals surface area contributed by atoms with Crippen molar-refractivity contribution in [2.24, 2.45) is 0 Å². The number of hydrogen-bond donors (Lipinski definition) is 1. The lowest BCUT2D eigenvalue weighted by Gasteiger charge is -2.38. The van der Waals surface area contributed by atoms with Gasteiger partial charge in [-0.05, 0) is 50.1 Å². The molecule has 1 unspecified atom stereocenters. The molecule has 0 aromatic heterocycles. The van der Waals surface area contributed by atoms with Crippen molar-refractivity contribution >= 4 is 17.9 Å². The molecular weight excluding hydrogens is 549 g/mol. The van der Waals surface area contributed by atoms with Gasteiger partial charge in [0.05, 0.1) is 23.8 Å². The maximum absolute atomic E-state index is 13.4. The Labute approximate surface area is 243 Å². The summed E-state index contributed by atoms with van der Waals surface area (Å²) >= 11 is 0. The second-order valence-corrected chi connectivity index (χ2v) is 10.3. The van der Waals surface area contributed by atoms with Gasteiger partial charge in [0.1, 0.15) is 0 Å². The first-order valence-electron chi connectivity index (χ1n) is 13.9. The first kappa shape index (κ1) is 30.8. The Bertz CT molecular complexity index is 1340. The molecule has 1 atom stereocenters. The van der Waals surface area contributed by atoms with Crippen molar-refractivity contribution < 1.29 is 32.3 Å². The van der Waals surface area contributed by atoms with Crippen molar-refractivity contribution in [3.05, 3.63) is 94.7 Å². The minimum absolute atomic E-state index is 0.0593. The summed E-state index contributed by atoms with van der Waals surface area (Å²) in [5.41, 5.74) is 1.70. The van der Waals surface area contributed by atoms with E-state index in [1.165, 1.54) is 23.1 Å². The van der Waals surface area contributed by atoms with E-state index in [0.717, 1.165) is 17.7 Å². The van der Waals surface area contributed by atoms with Gasteiger partial charge in [0.2, 0.25) is 0 Å². The van der Waals surface area contributed by atoms with Crippen LogP contribution in [0.1, 0.15) is 46.4 Å². The fourth-order valence-electron chi connectivity index (χ4n) is 5.18. The van der Waals surface area contributed by atoms with Crippen LogP contribution in [0, 0.1) is 6.92 Å². The van der Waals surface area contributed by atoms with Gasteiger partial charge >= 0.3 is 18.2 Å². The van der Waals surface area contributed by atoms with Crippen LogP contribution >= 0.6 is 0 Å². The molecule has 1 N–H and O–H groups in total. The highest BCUT2D eigenvalue weighted by Gasteiger charge is 2.39. The molecule has 2 heterocycles. The zero-order chi connectivity index (χ0) is 30.4. The molecule has 8 nitrogen and oxygen atoms in total. The predicted molar refractivity (Wildman–Crippen MR) is 151 cm³/mol. The third-order valence-electron chi connectivity index (χ3n) is 7.36. The minimum Gasteiger partial charge on any atom is -0.463 e. The van der Waals surface area contributed by atoms with Crippen molar-refractivity contribution in [3.8, 4) is 0 Å². The van der Waals surface area contributed by atoms with E-state index in [9.17, 15) is 27.6 Å². The molecule has 0 aliphatic carbocycles. The fourth-order valence-corrected chi connectivity index (χ4v) is 5.18. The Hall–Kier alpha value is -4.12. The van der Waals surface area contributed by atoms with Gasteiger partial charge in [0, 0.05) is 50.5 Å². The SMILES string of the molecule is C=CCN1C(=O)NC(c2ccc(C(F)(F)F)cc2)C(C(=O)OCC)=C1CN1CCCN(C(=O)c2ccc(C)cc2)CC1. The topological polar surface area (TPSA) is 82.2 Å². The van der Waals surface area contributed by atoms with Crippen molar-refractivity contribution in [2.45, 2.75) is 32.5 Å². The summed E-state index contributed by atoms with van der Waals surface area (Å²) in [6, 6.07) is 10.3. The number of hydrogen-bond acceptors (Lipinski definition) is 5. The number of nitrogens with zero attached hydrogens (tertiary/aromatic N) is 3. The molecule has 224 valence electrons. The first-order chi connectivity index (χ1) is 20.0. The second kappa shape index (κ2) is 13.2. The van der Waals surface area contributed by atoms with E-state index in [2.05, 4.69) is 16.8 Å². The largest absolute Gasteiger partial charge is 0.463 e. The van der Waals surface area contributed by atoms with E-state index in [4.69, 9.17) is 4.74 Å². The molecule has 42 heavy (non-hydrogen) atoms. The zero-order valence-electron chi connectivity index (χ0n) is 23.7. The summed E-state index contributed by atoms with van der Waals surface area (Å²) < 4.78 is 45.0. The third-order valence-corrected chi connectivity index (χ3v) is 7.36. The number of esters is 1. The first-order valence-corrected chi connectivity index (χ1v) is 13.9. The number of rotatable bonds is 8. The number of benzene rings is 2. The standard InChI is InChI=1S/C31H35F3N4O4/c1-4-15-38-25(20-36-16-6-17-37(19-18-36)28(39)23-9-7-21(3)8-10-23)26(29(40)42-5-2)27(35-30(38)41)22-11-13-24(14-12-22)31(32,33)34/h4,7-14,27H,1,5-6,15-20H2,2-3H3,(H,35,41). The number of amides is 3. The Balaban J connectivity index is 1.65. The van der Waals surface area contributed by atoms with Gasteiger partial charge in [-0.25, -0.2) is 9.59 Å². The van der Waals surface area contributed by atoms with Gasteiger partial charge in [-0.2, -0.15) is 13.2 Å². The van der Waals surface area contributed by atoms with Crippen LogP contribution in [0.3, 0.4) is 0 Å². The number of ether oxygens (including phenoxy) is 1. The van der Waals surface area contributed by atoms with Crippen LogP contribution in [0.4, 0.5) is 18.0 Å². The Morgan fingerprint density at radius 1 is 1.05 bits per heavy atom. The Morgan fingerprint density at radius 2 is 1.74 bits per heavy atom. The molecule has 2 aliphatic rings. The zero-order valence-corrected chi connectivity index (χ0v) is 23.7. The summed E-state index contributed by atoms with van der Waals surface area (Å²) in [7, 11) is 0. The van der Waals surface area contributed by atoms with Gasteiger partial charge in [-0.3, -0.25) is 14.6 Å². The normalized spacial score (nSPS) is 18.4. The molecule has 1 saturated heterocycles. The summed E-state index contributed by atoms with van der Waals surface area (Å²) in [5.74, 6) is -0.728. The quantitative estimate of drug-likeness (QED) is 0.352. The number of nitrogens with one attached hydrogen (secondary N) is 1. The maximum atomic E-state index is 13.4. The number of halogens is 3. The maximum Gasteiger partial charge on any atom is 0.416 e. The van der Waals surface area contributed by atoms with Crippen molar-refractivity contribution in [1.82, 2.24) is 20.0 Å². The molecule has 0 bridgehead atoms. The smallest absolute Gasteiger partial charge is 0.416 e. The van der Waals surface area contributed by atoms with Crippen molar-refractivity contribution in [1.29, 1.82) is 0 Å². The molecular formula is C31H35F3N4O4. The van der Waals surface area contributed by atoms with Crippen LogP contribution in [0.25, 0.3) is 0 Å². The minimum atomic E-state index is -4.53. The van der Waals surface area contributed by atoms with Crippen LogP contribution in [-0.2, 0) is 15.7 Å². The highest BCUT2D eigenvalue weighted by Crippen LogP contribution is 2.35. The molecule has 11 heteroatoms. The number of aryl methyl sites for hydroxylation is 1. The van der Waals surface area contributed by atoms with E-state index in [0.29, 0.717) is 49.4 Å². The number of urea groups is 1. The summed E-state index contributed by atoms with van der Waals surface area (Å²) in [4.78, 5) is 45.1. The molecule has 2 aromatic carbocycles. The van der Waals surface area contributed by atoms with Gasteiger partial charge < -0.3 is 15.0 Å². The molecule has 4 rings (SSSR count). The van der Waals surface area contributed by atoms with Crippen molar-refractivity contribution in [3.63, 3.8) is 0 Å². The highest BCUT2D eigenvalue weighted by atomic mass is 19.4. The van der Waals surface area contributed by atoms with Gasteiger partial charge in [0.15, 0.2) is 0 Å². The lowest BCUT2D eigenvalue weighted by Crippen LogP contribution is -2.51.